The van der Waals surface area contributed by atoms with Crippen molar-refractivity contribution >= 4 is 55.6 Å². The second-order valence-electron chi connectivity index (χ2n) is 0.921. The van der Waals surface area contributed by atoms with Crippen molar-refractivity contribution in [3.63, 3.8) is 0 Å². The van der Waals surface area contributed by atoms with Gasteiger partial charge in [0.05, 0.1) is 0 Å². The molecule has 0 unspecified atom stereocenters. The summed E-state index contributed by atoms with van der Waals surface area (Å²) in [6, 6.07) is 0. The predicted octanol–water partition coefficient (Wildman–Crippen LogP) is -0.522. The van der Waals surface area contributed by atoms with Gasteiger partial charge in [-0.2, -0.15) is 21.6 Å². The molecule has 0 saturated carbocycles. The fraction of sp³-hybridized carbons (Fsp3) is 1.00. The molecule has 9 heavy (non-hydrogen) atoms. The fourth-order valence-electron chi connectivity index (χ4n) is 0. The molecule has 0 aliphatic heterocycles. The average molecular weight is 240 g/mol. The summed E-state index contributed by atoms with van der Waals surface area (Å²) >= 11 is 0. The van der Waals surface area contributed by atoms with Crippen molar-refractivity contribution < 1.29 is 26.1 Å². The van der Waals surface area contributed by atoms with Crippen LogP contribution in [0.3, 0.4) is 0 Å². The molecule has 0 spiro atoms. The van der Waals surface area contributed by atoms with Crippen LogP contribution in [0.15, 0.2) is 0 Å². The summed E-state index contributed by atoms with van der Waals surface area (Å²) < 4.78 is 57.5. The van der Waals surface area contributed by atoms with Gasteiger partial charge in [0.1, 0.15) is 0 Å². The second-order valence-corrected chi connectivity index (χ2v) is 2.33. The van der Waals surface area contributed by atoms with E-state index in [1.165, 1.54) is 0 Å². The Hall–Kier alpha value is 1.18. The Labute approximate surface area is 86.3 Å². The molecule has 0 fully saturated rings. The Morgan fingerprint density at radius 1 is 1.22 bits per heavy atom. The predicted molar refractivity (Wildman–Crippen MR) is 26.1 cm³/mol. The van der Waals surface area contributed by atoms with Crippen LogP contribution in [-0.4, -0.2) is 64.0 Å². The standard InChI is InChI=1S/CHF3O3S.Sr.2H/c2-1(3,4)8(5,6)7;;;/h(H,5,6,7);;;. The Kier molecular flexibility index (Phi) is 5.04. The van der Waals surface area contributed by atoms with Crippen LogP contribution in [0, 0.1) is 0 Å². The van der Waals surface area contributed by atoms with Crippen LogP contribution < -0.4 is 0 Å². The van der Waals surface area contributed by atoms with Gasteiger partial charge < -0.3 is 0 Å². The van der Waals surface area contributed by atoms with Crippen molar-refractivity contribution in [2.75, 3.05) is 0 Å². The number of hydrogen-bond acceptors (Lipinski definition) is 2. The summed E-state index contributed by atoms with van der Waals surface area (Å²) in [6.07, 6.45) is 0. The Balaban J connectivity index is 0. The van der Waals surface area contributed by atoms with E-state index in [1.807, 2.05) is 0 Å². The van der Waals surface area contributed by atoms with Gasteiger partial charge >= 0.3 is 61.1 Å². The summed E-state index contributed by atoms with van der Waals surface area (Å²) in [5.41, 5.74) is -5.53. The second kappa shape index (κ2) is 3.54. The molecule has 0 bridgehead atoms. The Bertz CT molecular complexity index is 168. The molecule has 1 N–H and O–H groups in total. The first-order chi connectivity index (χ1) is 3.25. The Morgan fingerprint density at radius 3 is 1.33 bits per heavy atom. The van der Waals surface area contributed by atoms with Gasteiger partial charge in [-0.15, -0.1) is 0 Å². The molecule has 0 atom stereocenters. The molecule has 54 valence electrons. The number of hydrogen-bond donors (Lipinski definition) is 1. The molecule has 8 heteroatoms. The molecule has 0 radical (unpaired) electrons. The van der Waals surface area contributed by atoms with E-state index in [0.717, 1.165) is 0 Å². The van der Waals surface area contributed by atoms with Crippen LogP contribution in [0.5, 0.6) is 0 Å². The summed E-state index contributed by atoms with van der Waals surface area (Å²) in [5.74, 6) is 0. The first kappa shape index (κ1) is 12.8. The van der Waals surface area contributed by atoms with Crippen molar-refractivity contribution in [1.29, 1.82) is 0 Å². The topological polar surface area (TPSA) is 54.4 Å². The van der Waals surface area contributed by atoms with Gasteiger partial charge in [-0.05, 0) is 0 Å². The van der Waals surface area contributed by atoms with Gasteiger partial charge in [-0.1, -0.05) is 0 Å². The van der Waals surface area contributed by atoms with E-state index in [1.54, 1.807) is 0 Å². The normalized spacial score (nSPS) is 12.4. The molecule has 0 aromatic heterocycles. The molecule has 0 rings (SSSR count). The molecule has 0 amide bonds. The van der Waals surface area contributed by atoms with Gasteiger partial charge in [0.2, 0.25) is 0 Å². The molecule has 0 saturated heterocycles. The van der Waals surface area contributed by atoms with E-state index in [-0.39, 0.29) is 45.5 Å². The quantitative estimate of drug-likeness (QED) is 0.352. The van der Waals surface area contributed by atoms with Crippen molar-refractivity contribution in [3.05, 3.63) is 0 Å². The third-order valence-corrected chi connectivity index (χ3v) is 0.877. The summed E-state index contributed by atoms with van der Waals surface area (Å²) in [7, 11) is -5.84. The van der Waals surface area contributed by atoms with E-state index in [9.17, 15) is 13.2 Å². The van der Waals surface area contributed by atoms with Crippen LogP contribution >= 0.6 is 0 Å². The number of alkyl halides is 3. The summed E-state index contributed by atoms with van der Waals surface area (Å²) in [4.78, 5) is 0. The van der Waals surface area contributed by atoms with E-state index >= 15 is 0 Å². The number of rotatable bonds is 0. The minimum absolute atomic E-state index is 0. The maximum atomic E-state index is 10.7. The fourth-order valence-corrected chi connectivity index (χ4v) is 0. The average Bonchev–Trinajstić information content (AvgIpc) is 1.25. The zero-order valence-electron chi connectivity index (χ0n) is 3.31. The van der Waals surface area contributed by atoms with Crippen LogP contribution in [-0.2, 0) is 10.1 Å². The van der Waals surface area contributed by atoms with Gasteiger partial charge in [0, 0.05) is 0 Å². The van der Waals surface area contributed by atoms with Crippen molar-refractivity contribution in [2.24, 2.45) is 0 Å². The van der Waals surface area contributed by atoms with Crippen molar-refractivity contribution in [1.82, 2.24) is 0 Å². The molecule has 0 aromatic carbocycles. The van der Waals surface area contributed by atoms with E-state index in [2.05, 4.69) is 0 Å². The van der Waals surface area contributed by atoms with Gasteiger partial charge in [0.25, 0.3) is 0 Å². The van der Waals surface area contributed by atoms with Crippen LogP contribution in [0.2, 0.25) is 0 Å². The third-order valence-electron chi connectivity index (χ3n) is 0.292. The minimum atomic E-state index is -5.84. The molecular formula is CH3F3O3SSr. The van der Waals surface area contributed by atoms with E-state index in [0.29, 0.717) is 0 Å². The third kappa shape index (κ3) is 4.57. The van der Waals surface area contributed by atoms with Gasteiger partial charge in [-0.25, -0.2) is 0 Å². The molecular weight excluding hydrogens is 237 g/mol. The molecule has 3 nitrogen and oxygen atoms in total. The number of halogens is 3. The molecule has 0 heterocycles. The van der Waals surface area contributed by atoms with Crippen LogP contribution in [0.25, 0.3) is 0 Å². The maximum absolute atomic E-state index is 10.7. The summed E-state index contributed by atoms with van der Waals surface area (Å²) in [5, 5.41) is 0. The van der Waals surface area contributed by atoms with E-state index < -0.39 is 15.6 Å². The van der Waals surface area contributed by atoms with Crippen molar-refractivity contribution in [2.45, 2.75) is 5.51 Å². The van der Waals surface area contributed by atoms with Crippen LogP contribution in [0.4, 0.5) is 13.2 Å². The molecule has 0 aliphatic carbocycles. The van der Waals surface area contributed by atoms with Gasteiger partial charge in [0.15, 0.2) is 0 Å². The summed E-state index contributed by atoms with van der Waals surface area (Å²) in [6.45, 7) is 0. The Morgan fingerprint density at radius 2 is 1.33 bits per heavy atom. The monoisotopic (exact) mass is 240 g/mol. The van der Waals surface area contributed by atoms with Gasteiger partial charge in [-0.3, -0.25) is 4.55 Å². The van der Waals surface area contributed by atoms with Crippen LogP contribution in [0.1, 0.15) is 0 Å². The first-order valence-corrected chi connectivity index (χ1v) is 2.73. The van der Waals surface area contributed by atoms with Crippen molar-refractivity contribution in [3.8, 4) is 0 Å². The van der Waals surface area contributed by atoms with E-state index in [4.69, 9.17) is 13.0 Å². The molecule has 0 aliphatic rings. The first-order valence-electron chi connectivity index (χ1n) is 1.29. The zero-order valence-corrected chi connectivity index (χ0v) is 4.12. The molecule has 0 aromatic rings. The SMILES string of the molecule is O=S(=O)(O)C(F)(F)F.[SrH2]. The zero-order chi connectivity index (χ0) is 7.00.